The van der Waals surface area contributed by atoms with Crippen molar-refractivity contribution < 1.29 is 14.3 Å². The Kier molecular flexibility index (Phi) is 6.76. The molecule has 0 aliphatic heterocycles. The molecule has 6 heteroatoms. The maximum Gasteiger partial charge on any atom is 0.407 e. The van der Waals surface area contributed by atoms with Crippen LogP contribution in [0.15, 0.2) is 72.8 Å². The van der Waals surface area contributed by atoms with Crippen LogP contribution < -0.4 is 15.8 Å². The molecule has 5 nitrogen and oxygen atoms in total. The Labute approximate surface area is 169 Å². The van der Waals surface area contributed by atoms with Crippen LogP contribution in [-0.4, -0.2) is 12.6 Å². The highest BCUT2D eigenvalue weighted by atomic mass is 35.5. The minimum atomic E-state index is -0.429. The number of amides is 1. The number of halogens is 1. The first-order valence-electron chi connectivity index (χ1n) is 8.86. The lowest BCUT2D eigenvalue weighted by molar-refractivity contribution is 0.140. The number of carbonyl (C=O) groups excluding carboxylic acids is 1. The predicted molar refractivity (Wildman–Crippen MR) is 111 cm³/mol. The molecule has 0 aliphatic rings. The van der Waals surface area contributed by atoms with Crippen LogP contribution in [0.2, 0.25) is 5.02 Å². The molecule has 0 fully saturated rings. The number of rotatable bonds is 7. The van der Waals surface area contributed by atoms with Crippen LogP contribution in [0.5, 0.6) is 11.5 Å². The average molecular weight is 397 g/mol. The molecule has 0 bridgehead atoms. The standard InChI is InChI=1S/C22H21ClN2O3/c23-18-8-11-21(20(24)14-18)28-19-9-6-16(7-10-19)12-13-25-22(26)27-15-17-4-2-1-3-5-17/h1-11,14H,12-13,15,24H2,(H,25,26). The number of nitrogens with one attached hydrogen (secondary N) is 1. The zero-order chi connectivity index (χ0) is 19.8. The topological polar surface area (TPSA) is 73.6 Å². The Morgan fingerprint density at radius 2 is 1.71 bits per heavy atom. The fourth-order valence-corrected chi connectivity index (χ4v) is 2.73. The number of nitrogens with two attached hydrogens (primary N) is 1. The fourth-order valence-electron chi connectivity index (χ4n) is 2.55. The minimum absolute atomic E-state index is 0.256. The number of benzene rings is 3. The van der Waals surface area contributed by atoms with Crippen molar-refractivity contribution in [2.75, 3.05) is 12.3 Å². The lowest BCUT2D eigenvalue weighted by Crippen LogP contribution is -2.26. The van der Waals surface area contributed by atoms with E-state index < -0.39 is 6.09 Å². The summed E-state index contributed by atoms with van der Waals surface area (Å²) < 4.78 is 10.9. The van der Waals surface area contributed by atoms with Gasteiger partial charge in [-0.2, -0.15) is 0 Å². The van der Waals surface area contributed by atoms with Gasteiger partial charge in [-0.1, -0.05) is 54.1 Å². The molecule has 0 spiro atoms. The largest absolute Gasteiger partial charge is 0.455 e. The molecule has 144 valence electrons. The van der Waals surface area contributed by atoms with E-state index in [9.17, 15) is 4.79 Å². The second kappa shape index (κ2) is 9.67. The van der Waals surface area contributed by atoms with E-state index in [2.05, 4.69) is 5.32 Å². The third kappa shape index (κ3) is 5.93. The molecule has 3 rings (SSSR count). The smallest absolute Gasteiger partial charge is 0.407 e. The number of anilines is 1. The number of hydrogen-bond acceptors (Lipinski definition) is 4. The molecule has 0 unspecified atom stereocenters. The summed E-state index contributed by atoms with van der Waals surface area (Å²) in [6.45, 7) is 0.741. The summed E-state index contributed by atoms with van der Waals surface area (Å²) in [6, 6.07) is 22.3. The molecule has 3 N–H and O–H groups in total. The maximum absolute atomic E-state index is 11.7. The molecule has 0 saturated carbocycles. The van der Waals surface area contributed by atoms with Crippen molar-refractivity contribution in [3.63, 3.8) is 0 Å². The summed E-state index contributed by atoms with van der Waals surface area (Å²) in [5.41, 5.74) is 8.40. The Morgan fingerprint density at radius 1 is 0.964 bits per heavy atom. The first-order chi connectivity index (χ1) is 13.6. The Morgan fingerprint density at radius 3 is 2.43 bits per heavy atom. The molecule has 28 heavy (non-hydrogen) atoms. The van der Waals surface area contributed by atoms with Gasteiger partial charge in [-0.05, 0) is 47.9 Å². The highest BCUT2D eigenvalue weighted by molar-refractivity contribution is 6.30. The van der Waals surface area contributed by atoms with Crippen molar-refractivity contribution in [2.24, 2.45) is 0 Å². The zero-order valence-corrected chi connectivity index (χ0v) is 16.0. The molecular weight excluding hydrogens is 376 g/mol. The highest BCUT2D eigenvalue weighted by Crippen LogP contribution is 2.29. The monoisotopic (exact) mass is 396 g/mol. The van der Waals surface area contributed by atoms with E-state index in [4.69, 9.17) is 26.8 Å². The van der Waals surface area contributed by atoms with Gasteiger partial charge in [-0.3, -0.25) is 0 Å². The van der Waals surface area contributed by atoms with E-state index in [0.717, 1.165) is 11.1 Å². The average Bonchev–Trinajstić information content (AvgIpc) is 2.70. The van der Waals surface area contributed by atoms with Crippen LogP contribution in [0.1, 0.15) is 11.1 Å². The summed E-state index contributed by atoms with van der Waals surface area (Å²) in [7, 11) is 0. The van der Waals surface area contributed by atoms with Crippen molar-refractivity contribution in [1.82, 2.24) is 5.32 Å². The normalized spacial score (nSPS) is 10.3. The SMILES string of the molecule is Nc1cc(Cl)ccc1Oc1ccc(CCNC(=O)OCc2ccccc2)cc1. The Bertz CT molecular complexity index is 915. The van der Waals surface area contributed by atoms with E-state index in [-0.39, 0.29) is 6.61 Å². The second-order valence-electron chi connectivity index (χ2n) is 6.17. The quantitative estimate of drug-likeness (QED) is 0.539. The van der Waals surface area contributed by atoms with Gasteiger partial charge in [-0.25, -0.2) is 4.79 Å². The van der Waals surface area contributed by atoms with Gasteiger partial charge in [0.1, 0.15) is 18.1 Å². The maximum atomic E-state index is 11.7. The highest BCUT2D eigenvalue weighted by Gasteiger charge is 2.05. The molecule has 3 aromatic carbocycles. The van der Waals surface area contributed by atoms with Crippen LogP contribution in [0.25, 0.3) is 0 Å². The first-order valence-corrected chi connectivity index (χ1v) is 9.24. The predicted octanol–water partition coefficient (Wildman–Crippen LogP) is 5.18. The van der Waals surface area contributed by atoms with Crippen molar-refractivity contribution in [3.05, 3.63) is 88.9 Å². The molecule has 0 aliphatic carbocycles. The number of nitrogen functional groups attached to an aromatic ring is 1. The fraction of sp³-hybridized carbons (Fsp3) is 0.136. The van der Waals surface area contributed by atoms with Crippen LogP contribution >= 0.6 is 11.6 Å². The number of ether oxygens (including phenoxy) is 2. The van der Waals surface area contributed by atoms with Crippen molar-refractivity contribution >= 4 is 23.4 Å². The Balaban J connectivity index is 1.42. The first kappa shape index (κ1) is 19.6. The van der Waals surface area contributed by atoms with E-state index in [0.29, 0.717) is 35.2 Å². The van der Waals surface area contributed by atoms with Crippen LogP contribution in [0.3, 0.4) is 0 Å². The molecule has 3 aromatic rings. The van der Waals surface area contributed by atoms with Crippen molar-refractivity contribution in [2.45, 2.75) is 13.0 Å². The van der Waals surface area contributed by atoms with E-state index >= 15 is 0 Å². The van der Waals surface area contributed by atoms with Gasteiger partial charge in [0, 0.05) is 11.6 Å². The van der Waals surface area contributed by atoms with Crippen molar-refractivity contribution in [1.29, 1.82) is 0 Å². The summed E-state index contributed by atoms with van der Waals surface area (Å²) in [6.07, 6.45) is 0.256. The summed E-state index contributed by atoms with van der Waals surface area (Å²) in [4.78, 5) is 11.7. The third-order valence-electron chi connectivity index (χ3n) is 4.02. The van der Waals surface area contributed by atoms with Crippen molar-refractivity contribution in [3.8, 4) is 11.5 Å². The molecule has 0 radical (unpaired) electrons. The lowest BCUT2D eigenvalue weighted by Gasteiger charge is -2.10. The number of carbonyl (C=O) groups is 1. The van der Waals surface area contributed by atoms with Gasteiger partial charge in [-0.15, -0.1) is 0 Å². The molecule has 0 heterocycles. The number of hydrogen-bond donors (Lipinski definition) is 2. The van der Waals surface area contributed by atoms with Gasteiger partial charge in [0.25, 0.3) is 0 Å². The summed E-state index contributed by atoms with van der Waals surface area (Å²) in [5, 5.41) is 3.31. The third-order valence-corrected chi connectivity index (χ3v) is 4.25. The van der Waals surface area contributed by atoms with E-state index in [1.165, 1.54) is 0 Å². The molecule has 0 saturated heterocycles. The van der Waals surface area contributed by atoms with Crippen LogP contribution in [0.4, 0.5) is 10.5 Å². The van der Waals surface area contributed by atoms with Gasteiger partial charge in [0.2, 0.25) is 0 Å². The van der Waals surface area contributed by atoms with Gasteiger partial charge < -0.3 is 20.5 Å². The van der Waals surface area contributed by atoms with Crippen LogP contribution in [0, 0.1) is 0 Å². The van der Waals surface area contributed by atoms with Gasteiger partial charge in [0.05, 0.1) is 5.69 Å². The molecule has 1 amide bonds. The van der Waals surface area contributed by atoms with E-state index in [1.54, 1.807) is 18.2 Å². The lowest BCUT2D eigenvalue weighted by atomic mass is 10.1. The molecule has 0 aromatic heterocycles. The summed E-state index contributed by atoms with van der Waals surface area (Å²) >= 11 is 5.89. The van der Waals surface area contributed by atoms with Crippen LogP contribution in [-0.2, 0) is 17.8 Å². The summed E-state index contributed by atoms with van der Waals surface area (Å²) in [5.74, 6) is 1.23. The number of alkyl carbamates (subject to hydrolysis) is 1. The molecule has 0 atom stereocenters. The van der Waals surface area contributed by atoms with Gasteiger partial charge in [0.15, 0.2) is 0 Å². The zero-order valence-electron chi connectivity index (χ0n) is 15.2. The Hall–Kier alpha value is -3.18. The second-order valence-corrected chi connectivity index (χ2v) is 6.60. The molecular formula is C22H21ClN2O3. The minimum Gasteiger partial charge on any atom is -0.455 e. The van der Waals surface area contributed by atoms with E-state index in [1.807, 2.05) is 54.6 Å². The van der Waals surface area contributed by atoms with Gasteiger partial charge >= 0.3 is 6.09 Å².